The van der Waals surface area contributed by atoms with Crippen LogP contribution in [0.15, 0.2) is 30.7 Å². The van der Waals surface area contributed by atoms with Crippen molar-refractivity contribution in [1.82, 2.24) is 25.1 Å². The normalized spacial score (nSPS) is 12.9. The summed E-state index contributed by atoms with van der Waals surface area (Å²) in [7, 11) is 0. The van der Waals surface area contributed by atoms with Crippen molar-refractivity contribution >= 4 is 22.6 Å². The third-order valence-corrected chi connectivity index (χ3v) is 5.13. The van der Waals surface area contributed by atoms with Crippen molar-refractivity contribution in [2.45, 2.75) is 51.6 Å². The van der Waals surface area contributed by atoms with Gasteiger partial charge in [0.25, 0.3) is 5.91 Å². The minimum absolute atomic E-state index is 0.125. The van der Waals surface area contributed by atoms with E-state index in [1.54, 1.807) is 18.3 Å². The smallest absolute Gasteiger partial charge is 0.255 e. The molecule has 3 N–H and O–H groups in total. The second-order valence-electron chi connectivity index (χ2n) is 9.12. The number of aromatic nitrogens is 4. The first-order chi connectivity index (χ1) is 15.9. The molecule has 0 spiro atoms. The molecule has 0 saturated carbocycles. The van der Waals surface area contributed by atoms with Crippen molar-refractivity contribution in [2.24, 2.45) is 0 Å². The molecule has 3 aromatic heterocycles. The van der Waals surface area contributed by atoms with Crippen LogP contribution in [-0.4, -0.2) is 61.3 Å². The third-order valence-electron chi connectivity index (χ3n) is 5.13. The van der Waals surface area contributed by atoms with Crippen LogP contribution in [0.25, 0.3) is 16.9 Å². The summed E-state index contributed by atoms with van der Waals surface area (Å²) < 4.78 is 29.5. The molecule has 0 saturated heterocycles. The number of fused-ring (bicyclic) bond motifs is 1. The summed E-state index contributed by atoms with van der Waals surface area (Å²) in [5.41, 5.74) is -1.70. The van der Waals surface area contributed by atoms with Crippen LogP contribution in [0, 0.1) is 11.3 Å². The maximum absolute atomic E-state index is 14.1. The van der Waals surface area contributed by atoms with Crippen molar-refractivity contribution in [1.29, 1.82) is 5.26 Å². The first kappa shape index (κ1) is 25.0. The van der Waals surface area contributed by atoms with Gasteiger partial charge < -0.3 is 15.7 Å². The molecule has 0 aliphatic rings. The Kier molecular flexibility index (Phi) is 7.12. The Hall–Kier alpha value is -3.65. The molecule has 180 valence electrons. The molecule has 0 aromatic carbocycles. The predicted molar refractivity (Wildman–Crippen MR) is 123 cm³/mol. The van der Waals surface area contributed by atoms with Crippen LogP contribution < -0.4 is 10.6 Å². The molecular weight excluding hydrogens is 444 g/mol. The SMILES string of the molecule is CC(C)(F)CCNc1cc(-n2ncc3cc(C#N)cnc32)ncc1C(=O)NCC(F)C(C)(C)O. The number of pyridine rings is 2. The van der Waals surface area contributed by atoms with Gasteiger partial charge in [-0.1, -0.05) is 0 Å². The van der Waals surface area contributed by atoms with Gasteiger partial charge in [0, 0.05) is 30.4 Å². The molecule has 0 aliphatic carbocycles. The van der Waals surface area contributed by atoms with E-state index in [9.17, 15) is 18.7 Å². The standard InChI is InChI=1S/C23H27F2N7O2/c1-22(2,25)5-6-27-17-8-19(32-20-15(11-31-32)7-14(9-26)10-29-20)28-12-16(17)21(33)30-13-18(24)23(3,4)34/h7-8,10-12,18,34H,5-6,13H2,1-4H3,(H,27,28)(H,30,33). The van der Waals surface area contributed by atoms with Gasteiger partial charge >= 0.3 is 0 Å². The fourth-order valence-corrected chi connectivity index (χ4v) is 3.06. The largest absolute Gasteiger partial charge is 0.387 e. The van der Waals surface area contributed by atoms with Gasteiger partial charge in [-0.3, -0.25) is 4.79 Å². The predicted octanol–water partition coefficient (Wildman–Crippen LogP) is 3.08. The van der Waals surface area contributed by atoms with Gasteiger partial charge in [-0.25, -0.2) is 18.7 Å². The Labute approximate surface area is 195 Å². The first-order valence-electron chi connectivity index (χ1n) is 10.7. The van der Waals surface area contributed by atoms with E-state index in [1.165, 1.54) is 44.8 Å². The van der Waals surface area contributed by atoms with Crippen LogP contribution in [0.5, 0.6) is 0 Å². The maximum Gasteiger partial charge on any atom is 0.255 e. The van der Waals surface area contributed by atoms with E-state index in [1.807, 2.05) is 6.07 Å². The molecule has 11 heteroatoms. The number of nitriles is 1. The monoisotopic (exact) mass is 471 g/mol. The highest BCUT2D eigenvalue weighted by atomic mass is 19.1. The van der Waals surface area contributed by atoms with E-state index in [0.717, 1.165) is 0 Å². The molecule has 3 rings (SSSR count). The lowest BCUT2D eigenvalue weighted by Crippen LogP contribution is -2.42. The molecule has 1 atom stereocenters. The summed E-state index contributed by atoms with van der Waals surface area (Å²) in [6.07, 6.45) is 2.78. The Morgan fingerprint density at radius 1 is 1.24 bits per heavy atom. The van der Waals surface area contributed by atoms with Gasteiger partial charge in [-0.15, -0.1) is 0 Å². The highest BCUT2D eigenvalue weighted by Crippen LogP contribution is 2.23. The Morgan fingerprint density at radius 3 is 2.62 bits per heavy atom. The fourth-order valence-electron chi connectivity index (χ4n) is 3.06. The zero-order valence-electron chi connectivity index (χ0n) is 19.4. The summed E-state index contributed by atoms with van der Waals surface area (Å²) in [4.78, 5) is 21.3. The highest BCUT2D eigenvalue weighted by Gasteiger charge is 2.27. The quantitative estimate of drug-likeness (QED) is 0.437. The Bertz CT molecular complexity index is 1220. The lowest BCUT2D eigenvalue weighted by atomic mass is 10.0. The summed E-state index contributed by atoms with van der Waals surface area (Å²) in [5.74, 6) is -0.263. The van der Waals surface area contributed by atoms with E-state index in [0.29, 0.717) is 28.1 Å². The van der Waals surface area contributed by atoms with Crippen LogP contribution in [0.4, 0.5) is 14.5 Å². The summed E-state index contributed by atoms with van der Waals surface area (Å²) in [5, 5.41) is 29.2. The van der Waals surface area contributed by atoms with E-state index < -0.39 is 29.9 Å². The van der Waals surface area contributed by atoms with E-state index in [4.69, 9.17) is 5.26 Å². The summed E-state index contributed by atoms with van der Waals surface area (Å²) >= 11 is 0. The number of hydrogen-bond donors (Lipinski definition) is 3. The van der Waals surface area contributed by atoms with Gasteiger partial charge in [0.15, 0.2) is 11.5 Å². The zero-order chi connectivity index (χ0) is 25.1. The second-order valence-corrected chi connectivity index (χ2v) is 9.12. The van der Waals surface area contributed by atoms with Crippen LogP contribution in [0.3, 0.4) is 0 Å². The molecule has 0 radical (unpaired) electrons. The zero-order valence-corrected chi connectivity index (χ0v) is 19.4. The van der Waals surface area contributed by atoms with Crippen LogP contribution in [0.1, 0.15) is 50.0 Å². The number of hydrogen-bond acceptors (Lipinski definition) is 7. The third kappa shape index (κ3) is 6.02. The molecule has 1 unspecified atom stereocenters. The molecule has 9 nitrogen and oxygen atoms in total. The van der Waals surface area contributed by atoms with Gasteiger partial charge in [0.1, 0.15) is 17.9 Å². The molecule has 0 bridgehead atoms. The minimum atomic E-state index is -1.67. The van der Waals surface area contributed by atoms with Gasteiger partial charge in [-0.05, 0) is 40.2 Å². The van der Waals surface area contributed by atoms with Crippen molar-refractivity contribution < 1.29 is 18.7 Å². The Morgan fingerprint density at radius 2 is 1.97 bits per heavy atom. The van der Waals surface area contributed by atoms with Crippen LogP contribution >= 0.6 is 0 Å². The van der Waals surface area contributed by atoms with Crippen molar-refractivity contribution in [2.75, 3.05) is 18.4 Å². The average Bonchev–Trinajstić information content (AvgIpc) is 3.18. The second kappa shape index (κ2) is 9.69. The van der Waals surface area contributed by atoms with E-state index in [-0.39, 0.29) is 18.5 Å². The summed E-state index contributed by atoms with van der Waals surface area (Å²) in [6, 6.07) is 5.23. The number of rotatable bonds is 9. The number of nitrogens with one attached hydrogen (secondary N) is 2. The molecular formula is C23H27F2N7O2. The lowest BCUT2D eigenvalue weighted by Gasteiger charge is -2.23. The maximum atomic E-state index is 14.1. The van der Waals surface area contributed by atoms with Gasteiger partial charge in [-0.2, -0.15) is 15.0 Å². The number of nitrogens with zero attached hydrogens (tertiary/aromatic N) is 5. The number of carbonyl (C=O) groups excluding carboxylic acids is 1. The molecule has 3 heterocycles. The number of halogens is 2. The number of anilines is 1. The van der Waals surface area contributed by atoms with E-state index in [2.05, 4.69) is 25.7 Å². The van der Waals surface area contributed by atoms with Gasteiger partial charge in [0.05, 0.1) is 35.2 Å². The molecule has 3 aromatic rings. The lowest BCUT2D eigenvalue weighted by molar-refractivity contribution is -0.00177. The molecule has 34 heavy (non-hydrogen) atoms. The number of alkyl halides is 2. The Balaban J connectivity index is 1.92. The van der Waals surface area contributed by atoms with Crippen molar-refractivity contribution in [3.63, 3.8) is 0 Å². The molecule has 1 amide bonds. The molecule has 0 aliphatic heterocycles. The number of aliphatic hydroxyl groups is 1. The van der Waals surface area contributed by atoms with Crippen molar-refractivity contribution in [3.05, 3.63) is 41.9 Å². The molecule has 0 fully saturated rings. The van der Waals surface area contributed by atoms with Gasteiger partial charge in [0.2, 0.25) is 0 Å². The first-order valence-corrected chi connectivity index (χ1v) is 10.7. The number of amides is 1. The van der Waals surface area contributed by atoms with Crippen LogP contribution in [0.2, 0.25) is 0 Å². The highest BCUT2D eigenvalue weighted by molar-refractivity contribution is 5.99. The van der Waals surface area contributed by atoms with Crippen LogP contribution in [-0.2, 0) is 0 Å². The fraction of sp³-hybridized carbons (Fsp3) is 0.435. The minimum Gasteiger partial charge on any atom is -0.387 e. The topological polar surface area (TPSA) is 129 Å². The van der Waals surface area contributed by atoms with E-state index >= 15 is 0 Å². The summed E-state index contributed by atoms with van der Waals surface area (Å²) in [6.45, 7) is 5.37. The number of carbonyl (C=O) groups is 1. The average molecular weight is 472 g/mol. The van der Waals surface area contributed by atoms with Crippen molar-refractivity contribution in [3.8, 4) is 11.9 Å².